The molecule has 1 aromatic rings. The molecule has 0 aliphatic carbocycles. The van der Waals surface area contributed by atoms with E-state index in [0.717, 1.165) is 0 Å². The highest BCUT2D eigenvalue weighted by molar-refractivity contribution is 6.33. The van der Waals surface area contributed by atoms with Crippen molar-refractivity contribution in [2.24, 2.45) is 0 Å². The van der Waals surface area contributed by atoms with Crippen molar-refractivity contribution in [2.75, 3.05) is 13.2 Å². The van der Waals surface area contributed by atoms with Gasteiger partial charge in [-0.2, -0.15) is 0 Å². The Morgan fingerprint density at radius 2 is 2.00 bits per heavy atom. The van der Waals surface area contributed by atoms with Gasteiger partial charge in [-0.3, -0.25) is 4.79 Å². The van der Waals surface area contributed by atoms with Crippen molar-refractivity contribution in [3.63, 3.8) is 0 Å². The van der Waals surface area contributed by atoms with Crippen LogP contribution in [0, 0.1) is 5.82 Å². The summed E-state index contributed by atoms with van der Waals surface area (Å²) < 4.78 is 18.7. The van der Waals surface area contributed by atoms with E-state index in [-0.39, 0.29) is 6.42 Å². The molecule has 0 unspecified atom stereocenters. The number of halogens is 2. The fourth-order valence-corrected chi connectivity index (χ4v) is 2.91. The number of benzene rings is 1. The first-order valence-electron chi connectivity index (χ1n) is 6.24. The second-order valence-electron chi connectivity index (χ2n) is 4.92. The molecule has 1 aliphatic rings. The number of carboxylic acid groups (broad SMARTS) is 1. The number of hydrogen-bond acceptors (Lipinski definition) is 3. The zero-order valence-corrected chi connectivity index (χ0v) is 11.5. The second kappa shape index (κ2) is 5.89. The Morgan fingerprint density at radius 1 is 1.35 bits per heavy atom. The lowest BCUT2D eigenvalue weighted by Crippen LogP contribution is -2.38. The third-order valence-corrected chi connectivity index (χ3v) is 4.02. The van der Waals surface area contributed by atoms with Crippen LogP contribution in [0.25, 0.3) is 0 Å². The number of carbonyl (C=O) groups excluding carboxylic acids is 1. The SMILES string of the molecule is O=C(O)C(=O)CC1(c2cc(F)ccc2Cl)CCOCC1. The highest BCUT2D eigenvalue weighted by atomic mass is 35.5. The Morgan fingerprint density at radius 3 is 2.60 bits per heavy atom. The van der Waals surface area contributed by atoms with Crippen LogP contribution in [0.5, 0.6) is 0 Å². The van der Waals surface area contributed by atoms with Gasteiger partial charge in [-0.05, 0) is 36.6 Å². The molecule has 108 valence electrons. The third kappa shape index (κ3) is 2.99. The maximum absolute atomic E-state index is 13.5. The Kier molecular flexibility index (Phi) is 4.40. The molecule has 1 heterocycles. The van der Waals surface area contributed by atoms with Crippen LogP contribution in [-0.2, 0) is 19.7 Å². The van der Waals surface area contributed by atoms with Crippen LogP contribution in [0.3, 0.4) is 0 Å². The molecular weight excluding hydrogens is 287 g/mol. The average Bonchev–Trinajstić information content (AvgIpc) is 2.42. The van der Waals surface area contributed by atoms with Crippen LogP contribution < -0.4 is 0 Å². The fraction of sp³-hybridized carbons (Fsp3) is 0.429. The first kappa shape index (κ1) is 14.9. The van der Waals surface area contributed by atoms with Crippen LogP contribution in [0.4, 0.5) is 4.39 Å². The number of aliphatic carboxylic acids is 1. The van der Waals surface area contributed by atoms with Crippen LogP contribution in [0.1, 0.15) is 24.8 Å². The summed E-state index contributed by atoms with van der Waals surface area (Å²) in [4.78, 5) is 22.4. The Balaban J connectivity index is 2.43. The summed E-state index contributed by atoms with van der Waals surface area (Å²) in [7, 11) is 0. The maximum atomic E-state index is 13.5. The molecule has 0 atom stereocenters. The van der Waals surface area contributed by atoms with Gasteiger partial charge in [-0.25, -0.2) is 9.18 Å². The molecule has 0 bridgehead atoms. The smallest absolute Gasteiger partial charge is 0.372 e. The van der Waals surface area contributed by atoms with Gasteiger partial charge in [0.1, 0.15) is 5.82 Å². The van der Waals surface area contributed by atoms with Gasteiger partial charge in [-0.15, -0.1) is 0 Å². The number of rotatable bonds is 4. The number of carboxylic acids is 1. The van der Waals surface area contributed by atoms with Crippen LogP contribution in [0.2, 0.25) is 5.02 Å². The van der Waals surface area contributed by atoms with Crippen molar-refractivity contribution < 1.29 is 23.8 Å². The summed E-state index contributed by atoms with van der Waals surface area (Å²) in [6, 6.07) is 3.94. The van der Waals surface area contributed by atoms with Gasteiger partial charge in [0.25, 0.3) is 0 Å². The van der Waals surface area contributed by atoms with Gasteiger partial charge in [0.2, 0.25) is 5.78 Å². The molecule has 0 amide bonds. The lowest BCUT2D eigenvalue weighted by atomic mass is 9.70. The van der Waals surface area contributed by atoms with Crippen molar-refractivity contribution in [3.8, 4) is 0 Å². The predicted octanol–water partition coefficient (Wildman–Crippen LogP) is 2.57. The second-order valence-corrected chi connectivity index (χ2v) is 5.33. The first-order valence-corrected chi connectivity index (χ1v) is 6.62. The minimum Gasteiger partial charge on any atom is -0.476 e. The van der Waals surface area contributed by atoms with Gasteiger partial charge in [0, 0.05) is 30.1 Å². The number of ether oxygens (including phenoxy) is 1. The molecule has 1 N–H and O–H groups in total. The molecular formula is C14H14ClFO4. The minimum atomic E-state index is -1.48. The fourth-order valence-electron chi connectivity index (χ4n) is 2.59. The molecule has 1 saturated heterocycles. The van der Waals surface area contributed by atoms with Gasteiger partial charge in [0.15, 0.2) is 0 Å². The zero-order valence-electron chi connectivity index (χ0n) is 10.7. The van der Waals surface area contributed by atoms with E-state index in [4.69, 9.17) is 21.4 Å². The van der Waals surface area contributed by atoms with E-state index in [2.05, 4.69) is 0 Å². The van der Waals surface area contributed by atoms with E-state index >= 15 is 0 Å². The Labute approximate surface area is 120 Å². The van der Waals surface area contributed by atoms with E-state index < -0.39 is 23.0 Å². The average molecular weight is 301 g/mol. The van der Waals surface area contributed by atoms with E-state index in [0.29, 0.717) is 36.6 Å². The first-order chi connectivity index (χ1) is 9.44. The molecule has 20 heavy (non-hydrogen) atoms. The monoisotopic (exact) mass is 300 g/mol. The molecule has 6 heteroatoms. The molecule has 1 fully saturated rings. The molecule has 0 aromatic heterocycles. The zero-order chi connectivity index (χ0) is 14.8. The molecule has 0 spiro atoms. The van der Waals surface area contributed by atoms with E-state index in [1.54, 1.807) is 0 Å². The summed E-state index contributed by atoms with van der Waals surface area (Å²) in [5.41, 5.74) is -0.288. The highest BCUT2D eigenvalue weighted by Crippen LogP contribution is 2.41. The largest absolute Gasteiger partial charge is 0.476 e. The highest BCUT2D eigenvalue weighted by Gasteiger charge is 2.39. The summed E-state index contributed by atoms with van der Waals surface area (Å²) in [6.07, 6.45) is 0.680. The lowest BCUT2D eigenvalue weighted by Gasteiger charge is -2.37. The Hall–Kier alpha value is -1.46. The number of ketones is 1. The summed E-state index contributed by atoms with van der Waals surface area (Å²) in [5.74, 6) is -2.84. The van der Waals surface area contributed by atoms with E-state index in [9.17, 15) is 14.0 Å². The van der Waals surface area contributed by atoms with Gasteiger partial charge in [-0.1, -0.05) is 11.6 Å². The normalized spacial score (nSPS) is 17.7. The van der Waals surface area contributed by atoms with Crippen molar-refractivity contribution in [1.82, 2.24) is 0 Å². The molecule has 2 rings (SSSR count). The van der Waals surface area contributed by atoms with Gasteiger partial charge < -0.3 is 9.84 Å². The standard InChI is InChI=1S/C14H14ClFO4/c15-11-2-1-9(16)7-10(11)14(3-5-20-6-4-14)8-12(17)13(18)19/h1-2,7H,3-6,8H2,(H,18,19). The van der Waals surface area contributed by atoms with Crippen molar-refractivity contribution >= 4 is 23.4 Å². The summed E-state index contributed by atoms with van der Waals surface area (Å²) >= 11 is 6.12. The van der Waals surface area contributed by atoms with Gasteiger partial charge >= 0.3 is 5.97 Å². The molecule has 1 aliphatic heterocycles. The van der Waals surface area contributed by atoms with Crippen LogP contribution in [-0.4, -0.2) is 30.1 Å². The van der Waals surface area contributed by atoms with E-state index in [1.807, 2.05) is 0 Å². The maximum Gasteiger partial charge on any atom is 0.372 e. The van der Waals surface area contributed by atoms with Crippen LogP contribution in [0.15, 0.2) is 18.2 Å². The topological polar surface area (TPSA) is 63.6 Å². The lowest BCUT2D eigenvalue weighted by molar-refractivity contribution is -0.150. The summed E-state index contributed by atoms with van der Waals surface area (Å²) in [6.45, 7) is 0.777. The molecule has 1 aromatic carbocycles. The quantitative estimate of drug-likeness (QED) is 0.868. The molecule has 0 saturated carbocycles. The summed E-state index contributed by atoms with van der Waals surface area (Å²) in [5, 5.41) is 9.15. The van der Waals surface area contributed by atoms with E-state index in [1.165, 1.54) is 18.2 Å². The van der Waals surface area contributed by atoms with Crippen molar-refractivity contribution in [2.45, 2.75) is 24.7 Å². The number of Topliss-reactive ketones (excluding diaryl/α,β-unsaturated/α-hetero) is 1. The molecule has 4 nitrogen and oxygen atoms in total. The van der Waals surface area contributed by atoms with Gasteiger partial charge in [0.05, 0.1) is 0 Å². The minimum absolute atomic E-state index is 0.200. The van der Waals surface area contributed by atoms with Crippen molar-refractivity contribution in [3.05, 3.63) is 34.6 Å². The number of carbonyl (C=O) groups is 2. The Bertz CT molecular complexity index is 538. The third-order valence-electron chi connectivity index (χ3n) is 3.69. The van der Waals surface area contributed by atoms with Crippen LogP contribution >= 0.6 is 11.6 Å². The molecule has 0 radical (unpaired) electrons. The predicted molar refractivity (Wildman–Crippen MR) is 70.4 cm³/mol. The van der Waals surface area contributed by atoms with Crippen molar-refractivity contribution in [1.29, 1.82) is 0 Å². The number of hydrogen-bond donors (Lipinski definition) is 1.